The average Bonchev–Trinajstić information content (AvgIpc) is 2.55. The van der Waals surface area contributed by atoms with Gasteiger partial charge in [0.2, 0.25) is 6.10 Å². The molecule has 5 nitrogen and oxygen atoms in total. The maximum atomic E-state index is 12.4. The molecule has 3 rings (SSSR count). The summed E-state index contributed by atoms with van der Waals surface area (Å²) < 4.78 is 16.6. The van der Waals surface area contributed by atoms with Crippen LogP contribution in [0.1, 0.15) is 12.8 Å². The zero-order chi connectivity index (χ0) is 14.7. The van der Waals surface area contributed by atoms with Gasteiger partial charge in [-0.1, -0.05) is 12.1 Å². The van der Waals surface area contributed by atoms with Crippen LogP contribution >= 0.6 is 11.6 Å². The van der Waals surface area contributed by atoms with Crippen molar-refractivity contribution in [2.75, 3.05) is 25.7 Å². The van der Waals surface area contributed by atoms with Crippen LogP contribution in [0, 0.1) is 0 Å². The second kappa shape index (κ2) is 6.12. The molecule has 1 atom stereocenters. The first-order valence-electron chi connectivity index (χ1n) is 7.07. The Balaban J connectivity index is 1.66. The molecule has 0 bridgehead atoms. The van der Waals surface area contributed by atoms with Crippen molar-refractivity contribution >= 4 is 17.5 Å². The van der Waals surface area contributed by atoms with E-state index >= 15 is 0 Å². The van der Waals surface area contributed by atoms with E-state index in [1.165, 1.54) is 0 Å². The molecule has 0 saturated carbocycles. The number of rotatable bonds is 3. The molecular weight excluding hydrogens is 294 g/mol. The number of para-hydroxylation sites is 2. The molecule has 1 N–H and O–H groups in total. The predicted octanol–water partition coefficient (Wildman–Crippen LogP) is 1.73. The van der Waals surface area contributed by atoms with Gasteiger partial charge in [-0.2, -0.15) is 0 Å². The number of carbonyl (C=O) groups is 1. The van der Waals surface area contributed by atoms with Gasteiger partial charge in [0.25, 0.3) is 5.91 Å². The number of nitrogens with one attached hydrogen (secondary N) is 1. The summed E-state index contributed by atoms with van der Waals surface area (Å²) in [6.45, 7) is 1.42. The van der Waals surface area contributed by atoms with E-state index in [2.05, 4.69) is 5.32 Å². The third-order valence-corrected chi connectivity index (χ3v) is 4.41. The van der Waals surface area contributed by atoms with Gasteiger partial charge in [0, 0.05) is 19.1 Å². The first kappa shape index (κ1) is 14.5. The molecule has 1 aromatic carbocycles. The van der Waals surface area contributed by atoms with Crippen molar-refractivity contribution in [1.82, 2.24) is 5.32 Å². The van der Waals surface area contributed by atoms with E-state index < -0.39 is 11.6 Å². The molecule has 0 radical (unpaired) electrons. The zero-order valence-electron chi connectivity index (χ0n) is 11.6. The number of ether oxygens (including phenoxy) is 3. The standard InChI is InChI=1S/C15H18ClNO4/c16-10-15(5-7-19-8-6-15)17-14(18)13-9-20-11-3-1-2-4-12(11)21-13/h1-4,13H,5-10H2,(H,17,18). The van der Waals surface area contributed by atoms with Crippen LogP contribution in [0.4, 0.5) is 0 Å². The quantitative estimate of drug-likeness (QED) is 0.864. The lowest BCUT2D eigenvalue weighted by Crippen LogP contribution is -2.57. The Labute approximate surface area is 128 Å². The fourth-order valence-corrected chi connectivity index (χ4v) is 2.88. The number of amides is 1. The van der Waals surface area contributed by atoms with E-state index in [0.29, 0.717) is 43.4 Å². The Morgan fingerprint density at radius 2 is 2.00 bits per heavy atom. The lowest BCUT2D eigenvalue weighted by Gasteiger charge is -2.37. The summed E-state index contributed by atoms with van der Waals surface area (Å²) in [5, 5.41) is 3.03. The van der Waals surface area contributed by atoms with Gasteiger partial charge in [-0.15, -0.1) is 11.6 Å². The molecular formula is C15H18ClNO4. The molecule has 0 aromatic heterocycles. The van der Waals surface area contributed by atoms with E-state index in [1.807, 2.05) is 18.2 Å². The highest BCUT2D eigenvalue weighted by atomic mass is 35.5. The van der Waals surface area contributed by atoms with Gasteiger partial charge in [-0.3, -0.25) is 4.79 Å². The number of alkyl halides is 1. The van der Waals surface area contributed by atoms with Gasteiger partial charge in [0.15, 0.2) is 11.5 Å². The van der Waals surface area contributed by atoms with E-state index in [4.69, 9.17) is 25.8 Å². The van der Waals surface area contributed by atoms with E-state index in [9.17, 15) is 4.79 Å². The Morgan fingerprint density at radius 3 is 2.71 bits per heavy atom. The summed E-state index contributed by atoms with van der Waals surface area (Å²) in [6.07, 6.45) is 0.779. The Hall–Kier alpha value is -1.46. The van der Waals surface area contributed by atoms with Crippen molar-refractivity contribution in [3.8, 4) is 11.5 Å². The smallest absolute Gasteiger partial charge is 0.265 e. The molecule has 1 fully saturated rings. The fraction of sp³-hybridized carbons (Fsp3) is 0.533. The van der Waals surface area contributed by atoms with E-state index in [1.54, 1.807) is 6.07 Å². The lowest BCUT2D eigenvalue weighted by molar-refractivity contribution is -0.133. The van der Waals surface area contributed by atoms with Crippen LogP contribution in [0.25, 0.3) is 0 Å². The lowest BCUT2D eigenvalue weighted by atomic mass is 9.92. The van der Waals surface area contributed by atoms with Crippen molar-refractivity contribution < 1.29 is 19.0 Å². The Bertz CT molecular complexity index is 516. The van der Waals surface area contributed by atoms with Crippen molar-refractivity contribution in [1.29, 1.82) is 0 Å². The van der Waals surface area contributed by atoms with Crippen LogP contribution < -0.4 is 14.8 Å². The Kier molecular flexibility index (Phi) is 4.22. The number of fused-ring (bicyclic) bond motifs is 1. The molecule has 2 aliphatic rings. The van der Waals surface area contributed by atoms with Crippen molar-refractivity contribution in [2.24, 2.45) is 0 Å². The van der Waals surface area contributed by atoms with Gasteiger partial charge in [0.1, 0.15) is 6.61 Å². The molecule has 0 spiro atoms. The summed E-state index contributed by atoms with van der Waals surface area (Å²) >= 11 is 6.06. The molecule has 1 aromatic rings. The molecule has 1 unspecified atom stereocenters. The highest BCUT2D eigenvalue weighted by Crippen LogP contribution is 2.31. The summed E-state index contributed by atoms with van der Waals surface area (Å²) in [7, 11) is 0. The summed E-state index contributed by atoms with van der Waals surface area (Å²) in [6, 6.07) is 7.33. The Morgan fingerprint density at radius 1 is 1.29 bits per heavy atom. The first-order chi connectivity index (χ1) is 10.2. The van der Waals surface area contributed by atoms with Crippen LogP contribution in [0.3, 0.4) is 0 Å². The van der Waals surface area contributed by atoms with Crippen molar-refractivity contribution in [3.05, 3.63) is 24.3 Å². The van der Waals surface area contributed by atoms with Crippen molar-refractivity contribution in [2.45, 2.75) is 24.5 Å². The third kappa shape index (κ3) is 3.09. The normalized spacial score (nSPS) is 23.4. The van der Waals surface area contributed by atoms with E-state index in [0.717, 1.165) is 0 Å². The largest absolute Gasteiger partial charge is 0.485 e. The number of halogens is 1. The first-order valence-corrected chi connectivity index (χ1v) is 7.60. The second-order valence-corrected chi connectivity index (χ2v) is 5.65. The average molecular weight is 312 g/mol. The maximum Gasteiger partial charge on any atom is 0.265 e. The third-order valence-electron chi connectivity index (χ3n) is 3.90. The van der Waals surface area contributed by atoms with Crippen LogP contribution in [-0.2, 0) is 9.53 Å². The zero-order valence-corrected chi connectivity index (χ0v) is 12.4. The predicted molar refractivity (Wildman–Crippen MR) is 78.0 cm³/mol. The van der Waals surface area contributed by atoms with Crippen LogP contribution in [0.2, 0.25) is 0 Å². The van der Waals surface area contributed by atoms with Gasteiger partial charge >= 0.3 is 0 Å². The van der Waals surface area contributed by atoms with Gasteiger partial charge in [0.05, 0.1) is 5.54 Å². The minimum atomic E-state index is -0.650. The summed E-state index contributed by atoms with van der Waals surface area (Å²) in [5.41, 5.74) is -0.406. The molecule has 2 heterocycles. The minimum absolute atomic E-state index is 0.188. The minimum Gasteiger partial charge on any atom is -0.485 e. The molecule has 21 heavy (non-hydrogen) atoms. The maximum absolute atomic E-state index is 12.4. The molecule has 1 amide bonds. The highest BCUT2D eigenvalue weighted by Gasteiger charge is 2.37. The molecule has 6 heteroatoms. The number of carbonyl (C=O) groups excluding carboxylic acids is 1. The highest BCUT2D eigenvalue weighted by molar-refractivity contribution is 6.18. The number of benzene rings is 1. The fourth-order valence-electron chi connectivity index (χ4n) is 2.54. The number of hydrogen-bond acceptors (Lipinski definition) is 4. The molecule has 1 saturated heterocycles. The van der Waals surface area contributed by atoms with Crippen molar-refractivity contribution in [3.63, 3.8) is 0 Å². The molecule has 2 aliphatic heterocycles. The van der Waals surface area contributed by atoms with Gasteiger partial charge in [-0.25, -0.2) is 0 Å². The molecule has 114 valence electrons. The van der Waals surface area contributed by atoms with Gasteiger partial charge in [-0.05, 0) is 25.0 Å². The second-order valence-electron chi connectivity index (χ2n) is 5.38. The van der Waals surface area contributed by atoms with Crippen LogP contribution in [0.15, 0.2) is 24.3 Å². The monoisotopic (exact) mass is 311 g/mol. The SMILES string of the molecule is O=C(NC1(CCl)CCOCC1)C1COc2ccccc2O1. The van der Waals surface area contributed by atoms with Crippen LogP contribution in [-0.4, -0.2) is 43.3 Å². The number of hydrogen-bond donors (Lipinski definition) is 1. The van der Waals surface area contributed by atoms with Gasteiger partial charge < -0.3 is 19.5 Å². The van der Waals surface area contributed by atoms with Crippen LogP contribution in [0.5, 0.6) is 11.5 Å². The topological polar surface area (TPSA) is 56.8 Å². The molecule has 0 aliphatic carbocycles. The summed E-state index contributed by atoms with van der Waals surface area (Å²) in [4.78, 5) is 12.4. The summed E-state index contributed by atoms with van der Waals surface area (Å²) in [5.74, 6) is 1.44. The van der Waals surface area contributed by atoms with E-state index in [-0.39, 0.29) is 12.5 Å².